The zero-order valence-corrected chi connectivity index (χ0v) is 13.9. The van der Waals surface area contributed by atoms with Crippen molar-refractivity contribution in [3.05, 3.63) is 84.8 Å². The normalized spacial score (nSPS) is 12.2. The van der Waals surface area contributed by atoms with Gasteiger partial charge in [-0.25, -0.2) is 0 Å². The number of carbonyl (C=O) groups is 1. The number of amides is 1. The standard InChI is InChI=1S/C21H19N3O/c1-15(19-14-22-20-7-3-2-6-18(19)20)21(25)23-16-8-10-17(11-9-16)24-12-4-5-13-24/h2-15,22H,1H3,(H,23,25). The maximum Gasteiger partial charge on any atom is 0.231 e. The van der Waals surface area contributed by atoms with E-state index in [1.165, 1.54) is 0 Å². The lowest BCUT2D eigenvalue weighted by atomic mass is 9.99. The summed E-state index contributed by atoms with van der Waals surface area (Å²) in [7, 11) is 0. The molecule has 2 heterocycles. The summed E-state index contributed by atoms with van der Waals surface area (Å²) in [5, 5.41) is 4.10. The summed E-state index contributed by atoms with van der Waals surface area (Å²) in [6.45, 7) is 1.93. The van der Waals surface area contributed by atoms with Crippen molar-refractivity contribution in [2.45, 2.75) is 12.8 Å². The number of nitrogens with one attached hydrogen (secondary N) is 2. The first-order valence-corrected chi connectivity index (χ1v) is 8.32. The van der Waals surface area contributed by atoms with Gasteiger partial charge in [0.25, 0.3) is 0 Å². The molecule has 0 saturated carbocycles. The zero-order valence-electron chi connectivity index (χ0n) is 13.9. The molecule has 4 aromatic rings. The van der Waals surface area contributed by atoms with Crippen molar-refractivity contribution in [3.63, 3.8) is 0 Å². The minimum Gasteiger partial charge on any atom is -0.361 e. The highest BCUT2D eigenvalue weighted by molar-refractivity contribution is 5.99. The lowest BCUT2D eigenvalue weighted by Crippen LogP contribution is -2.18. The van der Waals surface area contributed by atoms with Crippen LogP contribution in [0.4, 0.5) is 5.69 Å². The van der Waals surface area contributed by atoms with Crippen molar-refractivity contribution in [3.8, 4) is 5.69 Å². The Kier molecular flexibility index (Phi) is 3.86. The lowest BCUT2D eigenvalue weighted by molar-refractivity contribution is -0.117. The van der Waals surface area contributed by atoms with Crippen LogP contribution in [0.1, 0.15) is 18.4 Å². The Labute approximate surface area is 146 Å². The van der Waals surface area contributed by atoms with Crippen molar-refractivity contribution in [2.75, 3.05) is 5.32 Å². The molecule has 0 aliphatic rings. The summed E-state index contributed by atoms with van der Waals surface area (Å²) in [6, 6.07) is 19.8. The van der Waals surface area contributed by atoms with Crippen LogP contribution in [0, 0.1) is 0 Å². The van der Waals surface area contributed by atoms with Crippen LogP contribution < -0.4 is 5.32 Å². The summed E-state index contributed by atoms with van der Waals surface area (Å²) in [6.07, 6.45) is 5.91. The predicted octanol–water partition coefficient (Wildman–Crippen LogP) is 4.70. The highest BCUT2D eigenvalue weighted by Crippen LogP contribution is 2.26. The number of anilines is 1. The molecule has 0 fully saturated rings. The van der Waals surface area contributed by atoms with E-state index in [0.29, 0.717) is 0 Å². The molecule has 0 aliphatic heterocycles. The second kappa shape index (κ2) is 6.32. The van der Waals surface area contributed by atoms with E-state index < -0.39 is 0 Å². The Morgan fingerprint density at radius 2 is 1.72 bits per heavy atom. The van der Waals surface area contributed by atoms with Crippen LogP contribution in [-0.4, -0.2) is 15.5 Å². The van der Waals surface area contributed by atoms with E-state index in [9.17, 15) is 4.79 Å². The summed E-state index contributed by atoms with van der Waals surface area (Å²) in [5.74, 6) is -0.251. The van der Waals surface area contributed by atoms with Gasteiger partial charge in [0.15, 0.2) is 0 Å². The molecule has 4 heteroatoms. The lowest BCUT2D eigenvalue weighted by Gasteiger charge is -2.12. The first-order chi connectivity index (χ1) is 12.2. The Hall–Kier alpha value is -3.27. The fourth-order valence-electron chi connectivity index (χ4n) is 3.07. The van der Waals surface area contributed by atoms with Crippen molar-refractivity contribution in [1.29, 1.82) is 0 Å². The van der Waals surface area contributed by atoms with Crippen LogP contribution in [0.5, 0.6) is 0 Å². The minimum atomic E-state index is -0.236. The quantitative estimate of drug-likeness (QED) is 0.560. The molecule has 2 N–H and O–H groups in total. The van der Waals surface area contributed by atoms with Crippen molar-refractivity contribution >= 4 is 22.5 Å². The van der Waals surface area contributed by atoms with Gasteiger partial charge in [-0.05, 0) is 55.0 Å². The van der Waals surface area contributed by atoms with Crippen LogP contribution in [-0.2, 0) is 4.79 Å². The van der Waals surface area contributed by atoms with Crippen LogP contribution in [0.3, 0.4) is 0 Å². The van der Waals surface area contributed by atoms with E-state index in [-0.39, 0.29) is 11.8 Å². The molecule has 1 unspecified atom stereocenters. The van der Waals surface area contributed by atoms with Gasteiger partial charge in [-0.2, -0.15) is 0 Å². The maximum atomic E-state index is 12.6. The molecule has 2 aromatic carbocycles. The van der Waals surface area contributed by atoms with Crippen molar-refractivity contribution in [2.24, 2.45) is 0 Å². The van der Waals surface area contributed by atoms with Gasteiger partial charge in [0.05, 0.1) is 5.92 Å². The summed E-state index contributed by atoms with van der Waals surface area (Å²) < 4.78 is 2.03. The van der Waals surface area contributed by atoms with Gasteiger partial charge in [-0.1, -0.05) is 18.2 Å². The Morgan fingerprint density at radius 1 is 1.00 bits per heavy atom. The topological polar surface area (TPSA) is 49.8 Å². The highest BCUT2D eigenvalue weighted by atomic mass is 16.1. The molecular weight excluding hydrogens is 310 g/mol. The fraction of sp³-hybridized carbons (Fsp3) is 0.0952. The number of benzene rings is 2. The number of carbonyl (C=O) groups excluding carboxylic acids is 1. The number of para-hydroxylation sites is 1. The van der Waals surface area contributed by atoms with E-state index in [1.54, 1.807) is 0 Å². The Bertz CT molecular complexity index is 997. The summed E-state index contributed by atoms with van der Waals surface area (Å²) >= 11 is 0. The van der Waals surface area contributed by atoms with Gasteiger partial charge in [-0.15, -0.1) is 0 Å². The first kappa shape index (κ1) is 15.3. The number of fused-ring (bicyclic) bond motifs is 1. The van der Waals surface area contributed by atoms with Gasteiger partial charge < -0.3 is 14.9 Å². The number of hydrogen-bond donors (Lipinski definition) is 2. The van der Waals surface area contributed by atoms with Gasteiger partial charge in [0.2, 0.25) is 5.91 Å². The van der Waals surface area contributed by atoms with Gasteiger partial charge in [0, 0.05) is 40.9 Å². The van der Waals surface area contributed by atoms with E-state index in [0.717, 1.165) is 27.8 Å². The third kappa shape index (κ3) is 2.94. The molecule has 0 bridgehead atoms. The van der Waals surface area contributed by atoms with Crippen LogP contribution >= 0.6 is 0 Å². The Balaban J connectivity index is 1.51. The number of aromatic amines is 1. The molecule has 124 valence electrons. The number of nitrogens with zero attached hydrogens (tertiary/aromatic N) is 1. The smallest absolute Gasteiger partial charge is 0.231 e. The highest BCUT2D eigenvalue weighted by Gasteiger charge is 2.18. The number of hydrogen-bond acceptors (Lipinski definition) is 1. The van der Waals surface area contributed by atoms with Crippen molar-refractivity contribution in [1.82, 2.24) is 9.55 Å². The molecule has 1 amide bonds. The average Bonchev–Trinajstić information content (AvgIpc) is 3.31. The van der Waals surface area contributed by atoms with Crippen LogP contribution in [0.15, 0.2) is 79.3 Å². The summed E-state index contributed by atoms with van der Waals surface area (Å²) in [4.78, 5) is 15.9. The van der Waals surface area contributed by atoms with Crippen molar-refractivity contribution < 1.29 is 4.79 Å². The third-order valence-corrected chi connectivity index (χ3v) is 4.52. The molecule has 4 nitrogen and oxygen atoms in total. The van der Waals surface area contributed by atoms with E-state index in [1.807, 2.05) is 90.7 Å². The largest absolute Gasteiger partial charge is 0.361 e. The predicted molar refractivity (Wildman–Crippen MR) is 101 cm³/mol. The maximum absolute atomic E-state index is 12.6. The average molecular weight is 329 g/mol. The second-order valence-corrected chi connectivity index (χ2v) is 6.14. The second-order valence-electron chi connectivity index (χ2n) is 6.14. The van der Waals surface area contributed by atoms with Gasteiger partial charge in [-0.3, -0.25) is 4.79 Å². The van der Waals surface area contributed by atoms with Gasteiger partial charge in [0.1, 0.15) is 0 Å². The van der Waals surface area contributed by atoms with E-state index in [2.05, 4.69) is 10.3 Å². The third-order valence-electron chi connectivity index (χ3n) is 4.52. The molecule has 2 aromatic heterocycles. The van der Waals surface area contributed by atoms with E-state index in [4.69, 9.17) is 0 Å². The first-order valence-electron chi connectivity index (χ1n) is 8.32. The number of aromatic nitrogens is 2. The molecule has 0 radical (unpaired) electrons. The molecule has 0 spiro atoms. The Morgan fingerprint density at radius 3 is 2.48 bits per heavy atom. The fourth-order valence-corrected chi connectivity index (χ4v) is 3.07. The molecular formula is C21H19N3O. The van der Waals surface area contributed by atoms with Crippen LogP contribution in [0.25, 0.3) is 16.6 Å². The molecule has 4 rings (SSSR count). The molecule has 1 atom stereocenters. The number of H-pyrrole nitrogens is 1. The SMILES string of the molecule is CC(C(=O)Nc1ccc(-n2cccc2)cc1)c1c[nH]c2ccccc12. The monoisotopic (exact) mass is 329 g/mol. The molecule has 25 heavy (non-hydrogen) atoms. The molecule has 0 aliphatic carbocycles. The molecule has 0 saturated heterocycles. The summed E-state index contributed by atoms with van der Waals surface area (Å²) in [5.41, 5.74) is 3.92. The minimum absolute atomic E-state index is 0.0153. The van der Waals surface area contributed by atoms with E-state index >= 15 is 0 Å². The van der Waals surface area contributed by atoms with Crippen LogP contribution in [0.2, 0.25) is 0 Å². The van der Waals surface area contributed by atoms with Gasteiger partial charge >= 0.3 is 0 Å². The zero-order chi connectivity index (χ0) is 17.2. The number of rotatable bonds is 4.